The maximum Gasteiger partial charge on any atom is 0.333 e. The molecule has 0 saturated carbocycles. The summed E-state index contributed by atoms with van der Waals surface area (Å²) in [5.41, 5.74) is 2.64. The van der Waals surface area contributed by atoms with Crippen molar-refractivity contribution >= 4 is 46.6 Å². The Bertz CT molecular complexity index is 1030. The first-order valence-corrected chi connectivity index (χ1v) is 10.9. The quantitative estimate of drug-likeness (QED) is 0.541. The topological polar surface area (TPSA) is 108 Å². The fourth-order valence-corrected chi connectivity index (χ4v) is 3.24. The fraction of sp³-hybridized carbons (Fsp3) is 0.360. The van der Waals surface area contributed by atoms with Gasteiger partial charge in [-0.3, -0.25) is 14.4 Å². The van der Waals surface area contributed by atoms with Crippen LogP contribution < -0.4 is 20.0 Å². The third-order valence-electron chi connectivity index (χ3n) is 5.07. The van der Waals surface area contributed by atoms with Crippen molar-refractivity contribution < 1.29 is 28.7 Å². The van der Waals surface area contributed by atoms with Gasteiger partial charge in [-0.25, -0.2) is 9.69 Å². The summed E-state index contributed by atoms with van der Waals surface area (Å²) in [5, 5.41) is 2.73. The van der Waals surface area contributed by atoms with Crippen LogP contribution >= 0.6 is 0 Å². The SMILES string of the molecule is COC(=O)C[C@H](CC(=O)N(C(=O)Nc1ccc(N(C)C)cc1)c1ccc(N(C)C)cc1)OC(C)=O. The van der Waals surface area contributed by atoms with Gasteiger partial charge in [0.15, 0.2) is 0 Å². The van der Waals surface area contributed by atoms with Gasteiger partial charge in [-0.15, -0.1) is 0 Å². The second-order valence-corrected chi connectivity index (χ2v) is 8.23. The number of carbonyl (C=O) groups is 4. The van der Waals surface area contributed by atoms with E-state index in [2.05, 4.69) is 10.1 Å². The number of hydrogen-bond acceptors (Lipinski definition) is 8. The number of benzene rings is 2. The number of ether oxygens (including phenoxy) is 2. The number of nitrogens with zero attached hydrogens (tertiary/aromatic N) is 3. The Morgan fingerprint density at radius 2 is 1.29 bits per heavy atom. The first-order valence-electron chi connectivity index (χ1n) is 10.9. The zero-order valence-corrected chi connectivity index (χ0v) is 20.9. The molecule has 0 heterocycles. The van der Waals surface area contributed by atoms with E-state index in [-0.39, 0.29) is 6.42 Å². The Labute approximate surface area is 205 Å². The van der Waals surface area contributed by atoms with Crippen molar-refractivity contribution in [2.24, 2.45) is 0 Å². The Kier molecular flexibility index (Phi) is 9.63. The van der Waals surface area contributed by atoms with E-state index in [4.69, 9.17) is 4.74 Å². The summed E-state index contributed by atoms with van der Waals surface area (Å²) in [7, 11) is 8.75. The third kappa shape index (κ3) is 8.02. The number of hydrogen-bond donors (Lipinski definition) is 1. The van der Waals surface area contributed by atoms with Crippen molar-refractivity contribution in [2.75, 3.05) is 55.3 Å². The van der Waals surface area contributed by atoms with Gasteiger partial charge in [-0.05, 0) is 48.5 Å². The monoisotopic (exact) mass is 484 g/mol. The molecule has 1 N–H and O–H groups in total. The van der Waals surface area contributed by atoms with Crippen LogP contribution in [-0.2, 0) is 23.9 Å². The minimum absolute atomic E-state index is 0.317. The van der Waals surface area contributed by atoms with E-state index in [0.29, 0.717) is 11.4 Å². The largest absolute Gasteiger partial charge is 0.469 e. The van der Waals surface area contributed by atoms with E-state index >= 15 is 0 Å². The number of urea groups is 1. The molecule has 0 unspecified atom stereocenters. The summed E-state index contributed by atoms with van der Waals surface area (Å²) in [6, 6.07) is 13.3. The number of imide groups is 1. The van der Waals surface area contributed by atoms with Crippen molar-refractivity contribution in [3.8, 4) is 0 Å². The highest BCUT2D eigenvalue weighted by molar-refractivity contribution is 6.18. The number of amides is 3. The van der Waals surface area contributed by atoms with Gasteiger partial charge >= 0.3 is 18.0 Å². The Hall–Kier alpha value is -4.08. The van der Waals surface area contributed by atoms with Crippen LogP contribution in [0.2, 0.25) is 0 Å². The van der Waals surface area contributed by atoms with Gasteiger partial charge in [0.2, 0.25) is 5.91 Å². The Morgan fingerprint density at radius 3 is 1.74 bits per heavy atom. The fourth-order valence-electron chi connectivity index (χ4n) is 3.24. The lowest BCUT2D eigenvalue weighted by Crippen LogP contribution is -2.42. The highest BCUT2D eigenvalue weighted by atomic mass is 16.6. The number of methoxy groups -OCH3 is 1. The van der Waals surface area contributed by atoms with Crippen molar-refractivity contribution in [1.29, 1.82) is 0 Å². The molecular formula is C25H32N4O6. The number of nitrogens with one attached hydrogen (secondary N) is 1. The maximum atomic E-state index is 13.3. The first-order chi connectivity index (χ1) is 16.5. The lowest BCUT2D eigenvalue weighted by atomic mass is 10.1. The van der Waals surface area contributed by atoms with Gasteiger partial charge < -0.3 is 24.6 Å². The highest BCUT2D eigenvalue weighted by Gasteiger charge is 2.29. The minimum atomic E-state index is -1.08. The van der Waals surface area contributed by atoms with Gasteiger partial charge in [0.05, 0.1) is 25.6 Å². The molecule has 0 spiro atoms. The lowest BCUT2D eigenvalue weighted by molar-refractivity contribution is -0.152. The molecule has 1 atom stereocenters. The van der Waals surface area contributed by atoms with E-state index in [1.165, 1.54) is 14.0 Å². The van der Waals surface area contributed by atoms with Crippen LogP contribution in [0.4, 0.5) is 27.5 Å². The summed E-state index contributed by atoms with van der Waals surface area (Å²) in [6.07, 6.45) is -1.79. The highest BCUT2D eigenvalue weighted by Crippen LogP contribution is 2.23. The summed E-state index contributed by atoms with van der Waals surface area (Å²) in [4.78, 5) is 54.6. The molecule has 3 amide bonds. The van der Waals surface area contributed by atoms with Gasteiger partial charge in [0, 0.05) is 52.2 Å². The number of anilines is 4. The van der Waals surface area contributed by atoms with E-state index in [1.807, 2.05) is 50.1 Å². The maximum absolute atomic E-state index is 13.3. The normalized spacial score (nSPS) is 11.1. The summed E-state index contributed by atoms with van der Waals surface area (Å²) in [6.45, 7) is 1.18. The molecule has 2 aromatic carbocycles. The molecule has 35 heavy (non-hydrogen) atoms. The van der Waals surface area contributed by atoms with E-state index in [1.54, 1.807) is 36.4 Å². The average Bonchev–Trinajstić information content (AvgIpc) is 2.79. The molecule has 0 radical (unpaired) electrons. The van der Waals surface area contributed by atoms with Crippen LogP contribution in [0, 0.1) is 0 Å². The molecule has 10 heteroatoms. The standard InChI is InChI=1S/C25H32N4O6/c1-17(30)35-22(16-24(32)34-6)15-23(31)29(21-13-11-20(12-14-21)28(4)5)25(33)26-18-7-9-19(10-8-18)27(2)3/h7-14,22H,15-16H2,1-6H3,(H,26,33)/t22-/m0/s1. The van der Waals surface area contributed by atoms with Crippen molar-refractivity contribution in [3.63, 3.8) is 0 Å². The molecule has 0 aliphatic rings. The van der Waals surface area contributed by atoms with Crippen LogP contribution in [0.1, 0.15) is 19.8 Å². The Morgan fingerprint density at radius 1 is 0.800 bits per heavy atom. The van der Waals surface area contributed by atoms with Gasteiger partial charge in [0.25, 0.3) is 0 Å². The smallest absolute Gasteiger partial charge is 0.333 e. The molecule has 0 saturated heterocycles. The molecule has 10 nitrogen and oxygen atoms in total. The zero-order chi connectivity index (χ0) is 26.1. The number of rotatable bonds is 9. The number of esters is 2. The van der Waals surface area contributed by atoms with Crippen molar-refractivity contribution in [2.45, 2.75) is 25.9 Å². The van der Waals surface area contributed by atoms with E-state index in [0.717, 1.165) is 16.3 Å². The second kappa shape index (κ2) is 12.4. The van der Waals surface area contributed by atoms with Gasteiger partial charge in [-0.1, -0.05) is 0 Å². The second-order valence-electron chi connectivity index (χ2n) is 8.23. The summed E-state index contributed by atoms with van der Waals surface area (Å²) >= 11 is 0. The molecule has 188 valence electrons. The molecule has 2 rings (SSSR count). The van der Waals surface area contributed by atoms with Crippen LogP contribution in [0.3, 0.4) is 0 Å². The average molecular weight is 485 g/mol. The Balaban J connectivity index is 2.34. The molecule has 0 aliphatic heterocycles. The third-order valence-corrected chi connectivity index (χ3v) is 5.07. The lowest BCUT2D eigenvalue weighted by Gasteiger charge is -2.24. The van der Waals surface area contributed by atoms with Crippen LogP contribution in [0.5, 0.6) is 0 Å². The predicted molar refractivity (Wildman–Crippen MR) is 135 cm³/mol. The van der Waals surface area contributed by atoms with E-state index in [9.17, 15) is 19.2 Å². The van der Waals surface area contributed by atoms with Crippen LogP contribution in [0.25, 0.3) is 0 Å². The minimum Gasteiger partial charge on any atom is -0.469 e. The molecular weight excluding hydrogens is 452 g/mol. The van der Waals surface area contributed by atoms with Crippen molar-refractivity contribution in [1.82, 2.24) is 0 Å². The molecule has 2 aromatic rings. The summed E-state index contributed by atoms with van der Waals surface area (Å²) in [5.74, 6) is -1.95. The van der Waals surface area contributed by atoms with Gasteiger partial charge in [-0.2, -0.15) is 0 Å². The van der Waals surface area contributed by atoms with Crippen molar-refractivity contribution in [3.05, 3.63) is 48.5 Å². The molecule has 0 aromatic heterocycles. The summed E-state index contributed by atoms with van der Waals surface area (Å²) < 4.78 is 9.77. The molecule has 0 aliphatic carbocycles. The van der Waals surface area contributed by atoms with Crippen LogP contribution in [0.15, 0.2) is 48.5 Å². The zero-order valence-electron chi connectivity index (χ0n) is 20.9. The molecule has 0 fully saturated rings. The first kappa shape index (κ1) is 27.2. The van der Waals surface area contributed by atoms with E-state index < -0.39 is 36.4 Å². The predicted octanol–water partition coefficient (Wildman–Crippen LogP) is 3.27. The van der Waals surface area contributed by atoms with Gasteiger partial charge in [0.1, 0.15) is 6.10 Å². The molecule has 0 bridgehead atoms. The number of carbonyl (C=O) groups excluding carboxylic acids is 4. The van der Waals surface area contributed by atoms with Crippen LogP contribution in [-0.4, -0.2) is 65.3 Å².